The lowest BCUT2D eigenvalue weighted by Gasteiger charge is -2.35. The molecule has 0 fully saturated rings. The number of hydrogen-bond donors (Lipinski definition) is 0. The van der Waals surface area contributed by atoms with Crippen LogP contribution in [-0.4, -0.2) is 6.61 Å². The van der Waals surface area contributed by atoms with E-state index < -0.39 is 0 Å². The average Bonchev–Trinajstić information content (AvgIpc) is 2.67. The van der Waals surface area contributed by atoms with Gasteiger partial charge in [-0.05, 0) is 98.9 Å². The van der Waals surface area contributed by atoms with E-state index in [1.165, 1.54) is 44.5 Å². The van der Waals surface area contributed by atoms with Crippen LogP contribution in [0, 0.1) is 27.7 Å². The molecule has 23 heavy (non-hydrogen) atoms. The first-order chi connectivity index (χ1) is 10.9. The van der Waals surface area contributed by atoms with Crippen LogP contribution in [0.15, 0.2) is 24.3 Å². The molecule has 0 amide bonds. The molecule has 0 radical (unpaired) electrons. The molecule has 2 aromatic carbocycles. The first kappa shape index (κ1) is 16.3. The molecule has 1 aliphatic rings. The van der Waals surface area contributed by atoms with Crippen LogP contribution < -0.4 is 0 Å². The van der Waals surface area contributed by atoms with Crippen molar-refractivity contribution < 1.29 is 4.74 Å². The Morgan fingerprint density at radius 3 is 2.26 bits per heavy atom. The Labute approximate surface area is 140 Å². The van der Waals surface area contributed by atoms with Crippen LogP contribution in [0.2, 0.25) is 0 Å². The Bertz CT molecular complexity index is 757. The summed E-state index contributed by atoms with van der Waals surface area (Å²) in [6.45, 7) is 14.1. The summed E-state index contributed by atoms with van der Waals surface area (Å²) in [6.07, 6.45) is 2.19. The first-order valence-corrected chi connectivity index (χ1v) is 8.73. The summed E-state index contributed by atoms with van der Waals surface area (Å²) in [6, 6.07) is 8.81. The molecular weight excluding hydrogens is 280 g/mol. The predicted octanol–water partition coefficient (Wildman–Crippen LogP) is 5.32. The van der Waals surface area contributed by atoms with Crippen LogP contribution in [0.3, 0.4) is 0 Å². The van der Waals surface area contributed by atoms with Crippen LogP contribution >= 0.6 is 0 Å². The highest BCUT2D eigenvalue weighted by molar-refractivity contribution is 5.57. The van der Waals surface area contributed by atoms with Crippen molar-refractivity contribution >= 4 is 0 Å². The molecule has 0 spiro atoms. The van der Waals surface area contributed by atoms with Gasteiger partial charge in [0.25, 0.3) is 0 Å². The maximum Gasteiger partial charge on any atom is 0.116 e. The number of hydrogen-bond acceptors (Lipinski definition) is 1. The fourth-order valence-corrected chi connectivity index (χ4v) is 4.39. The van der Waals surface area contributed by atoms with Gasteiger partial charge in [-0.2, -0.15) is 0 Å². The van der Waals surface area contributed by atoms with E-state index in [9.17, 15) is 0 Å². The minimum Gasteiger partial charge on any atom is -0.366 e. The van der Waals surface area contributed by atoms with Gasteiger partial charge in [-0.1, -0.05) is 24.3 Å². The monoisotopic (exact) mass is 308 g/mol. The van der Waals surface area contributed by atoms with Crippen LogP contribution in [0.25, 0.3) is 0 Å². The highest BCUT2D eigenvalue weighted by atomic mass is 16.5. The Morgan fingerprint density at radius 1 is 0.913 bits per heavy atom. The quantitative estimate of drug-likeness (QED) is 0.729. The second-order valence-corrected chi connectivity index (χ2v) is 6.98. The SMILES string of the molecule is CCOC1(C)c2ccccc2CCc2c(C)c(C)c(C)c(C)c21. The van der Waals surface area contributed by atoms with E-state index in [1.807, 2.05) is 0 Å². The van der Waals surface area contributed by atoms with Gasteiger partial charge in [0.1, 0.15) is 5.60 Å². The van der Waals surface area contributed by atoms with Gasteiger partial charge in [0.2, 0.25) is 0 Å². The number of ether oxygens (including phenoxy) is 1. The molecule has 1 aliphatic carbocycles. The van der Waals surface area contributed by atoms with Gasteiger partial charge in [-0.15, -0.1) is 0 Å². The molecule has 1 heteroatoms. The van der Waals surface area contributed by atoms with Gasteiger partial charge in [0.15, 0.2) is 0 Å². The smallest absolute Gasteiger partial charge is 0.116 e. The highest BCUT2D eigenvalue weighted by Gasteiger charge is 2.38. The number of benzene rings is 2. The van der Waals surface area contributed by atoms with E-state index in [2.05, 4.69) is 65.8 Å². The zero-order valence-corrected chi connectivity index (χ0v) is 15.3. The molecule has 1 atom stereocenters. The van der Waals surface area contributed by atoms with Gasteiger partial charge >= 0.3 is 0 Å². The van der Waals surface area contributed by atoms with Crippen molar-refractivity contribution in [2.75, 3.05) is 6.61 Å². The lowest BCUT2D eigenvalue weighted by atomic mass is 9.78. The molecule has 122 valence electrons. The lowest BCUT2D eigenvalue weighted by molar-refractivity contribution is 0.00306. The third kappa shape index (κ3) is 2.33. The molecule has 2 aromatic rings. The lowest BCUT2D eigenvalue weighted by Crippen LogP contribution is -2.30. The third-order valence-corrected chi connectivity index (χ3v) is 5.90. The summed E-state index contributed by atoms with van der Waals surface area (Å²) in [5.74, 6) is 0. The Hall–Kier alpha value is -1.60. The van der Waals surface area contributed by atoms with Crippen molar-refractivity contribution in [1.82, 2.24) is 0 Å². The van der Waals surface area contributed by atoms with Crippen LogP contribution in [0.5, 0.6) is 0 Å². The maximum atomic E-state index is 6.43. The minimum atomic E-state index is -0.357. The topological polar surface area (TPSA) is 9.23 Å². The van der Waals surface area contributed by atoms with Crippen molar-refractivity contribution in [2.24, 2.45) is 0 Å². The van der Waals surface area contributed by atoms with E-state index in [1.54, 1.807) is 0 Å². The van der Waals surface area contributed by atoms with E-state index in [0.29, 0.717) is 0 Å². The third-order valence-electron chi connectivity index (χ3n) is 5.90. The van der Waals surface area contributed by atoms with Crippen molar-refractivity contribution in [3.63, 3.8) is 0 Å². The van der Waals surface area contributed by atoms with Crippen LogP contribution in [0.1, 0.15) is 58.4 Å². The summed E-state index contributed by atoms with van der Waals surface area (Å²) in [4.78, 5) is 0. The first-order valence-electron chi connectivity index (χ1n) is 8.73. The molecule has 0 N–H and O–H groups in total. The summed E-state index contributed by atoms with van der Waals surface area (Å²) < 4.78 is 6.43. The molecule has 0 aliphatic heterocycles. The van der Waals surface area contributed by atoms with Crippen LogP contribution in [-0.2, 0) is 23.2 Å². The Morgan fingerprint density at radius 2 is 1.57 bits per heavy atom. The Balaban J connectivity index is 2.40. The molecule has 3 rings (SSSR count). The largest absolute Gasteiger partial charge is 0.366 e. The van der Waals surface area contributed by atoms with E-state index in [4.69, 9.17) is 4.74 Å². The fraction of sp³-hybridized carbons (Fsp3) is 0.455. The zero-order chi connectivity index (χ0) is 16.8. The Kier molecular flexibility index (Phi) is 4.10. The van der Waals surface area contributed by atoms with Crippen molar-refractivity contribution in [3.8, 4) is 0 Å². The van der Waals surface area contributed by atoms with Crippen LogP contribution in [0.4, 0.5) is 0 Å². The van der Waals surface area contributed by atoms with Gasteiger partial charge < -0.3 is 4.74 Å². The summed E-state index contributed by atoms with van der Waals surface area (Å²) in [5, 5.41) is 0. The molecule has 0 heterocycles. The minimum absolute atomic E-state index is 0.357. The second-order valence-electron chi connectivity index (χ2n) is 6.98. The zero-order valence-electron chi connectivity index (χ0n) is 15.3. The number of fused-ring (bicyclic) bond motifs is 2. The summed E-state index contributed by atoms with van der Waals surface area (Å²) >= 11 is 0. The standard InChI is InChI=1S/C22H28O/c1-7-23-22(6)20-11-9-8-10-18(20)12-13-19-16(4)14(2)15(3)17(5)21(19)22/h8-11H,7,12-13H2,1-6H3. The number of rotatable bonds is 2. The van der Waals surface area contributed by atoms with E-state index in [-0.39, 0.29) is 5.60 Å². The summed E-state index contributed by atoms with van der Waals surface area (Å²) in [5.41, 5.74) is 11.0. The van der Waals surface area contributed by atoms with E-state index in [0.717, 1.165) is 19.4 Å². The fourth-order valence-electron chi connectivity index (χ4n) is 4.39. The van der Waals surface area contributed by atoms with Crippen molar-refractivity contribution in [1.29, 1.82) is 0 Å². The second kappa shape index (κ2) is 5.79. The maximum absolute atomic E-state index is 6.43. The molecule has 0 saturated carbocycles. The van der Waals surface area contributed by atoms with E-state index >= 15 is 0 Å². The summed E-state index contributed by atoms with van der Waals surface area (Å²) in [7, 11) is 0. The molecule has 0 saturated heterocycles. The molecule has 0 bridgehead atoms. The predicted molar refractivity (Wildman–Crippen MR) is 97.3 cm³/mol. The van der Waals surface area contributed by atoms with Gasteiger partial charge in [0, 0.05) is 6.61 Å². The van der Waals surface area contributed by atoms with Gasteiger partial charge in [0.05, 0.1) is 0 Å². The molecule has 1 unspecified atom stereocenters. The van der Waals surface area contributed by atoms with Crippen molar-refractivity contribution in [2.45, 2.75) is 60.0 Å². The average molecular weight is 308 g/mol. The molecule has 1 nitrogen and oxygen atoms in total. The number of aryl methyl sites for hydroxylation is 1. The highest BCUT2D eigenvalue weighted by Crippen LogP contribution is 2.44. The van der Waals surface area contributed by atoms with Gasteiger partial charge in [-0.3, -0.25) is 0 Å². The normalized spacial score (nSPS) is 19.9. The van der Waals surface area contributed by atoms with Gasteiger partial charge in [-0.25, -0.2) is 0 Å². The molecule has 0 aromatic heterocycles. The molecular formula is C22H28O. The van der Waals surface area contributed by atoms with Crippen molar-refractivity contribution in [3.05, 3.63) is 68.8 Å².